The van der Waals surface area contributed by atoms with Crippen LogP contribution in [-0.4, -0.2) is 48.5 Å². The number of aromatic nitrogens is 2. The second kappa shape index (κ2) is 13.4. The van der Waals surface area contributed by atoms with Gasteiger partial charge in [-0.1, -0.05) is 36.4 Å². The molecule has 0 saturated carbocycles. The van der Waals surface area contributed by atoms with Gasteiger partial charge in [-0.2, -0.15) is 14.6 Å². The Hall–Kier alpha value is -3.75. The molecule has 36 heavy (non-hydrogen) atoms. The van der Waals surface area contributed by atoms with Crippen molar-refractivity contribution >= 4 is 40.4 Å². The second-order valence-corrected chi connectivity index (χ2v) is 9.19. The molecule has 3 aromatic rings. The number of hydrogen-bond acceptors (Lipinski definition) is 10. The third-order valence-corrected chi connectivity index (χ3v) is 6.16. The number of nitrogens with one attached hydrogen (secondary N) is 1. The van der Waals surface area contributed by atoms with Crippen LogP contribution >= 0.6 is 23.3 Å². The Morgan fingerprint density at radius 1 is 1.14 bits per heavy atom. The summed E-state index contributed by atoms with van der Waals surface area (Å²) in [5.74, 6) is 2.14. The molecule has 9 nitrogen and oxygen atoms in total. The summed E-state index contributed by atoms with van der Waals surface area (Å²) in [5.41, 5.74) is 1.57. The molecule has 3 rings (SSSR count). The monoisotopic (exact) mass is 526 g/mol. The molecule has 11 heteroatoms. The Morgan fingerprint density at radius 3 is 2.42 bits per heavy atom. The van der Waals surface area contributed by atoms with E-state index in [1.54, 1.807) is 12.1 Å². The van der Waals surface area contributed by atoms with Crippen LogP contribution in [0.15, 0.2) is 47.1 Å². The van der Waals surface area contributed by atoms with Crippen LogP contribution in [0.25, 0.3) is 6.08 Å². The van der Waals surface area contributed by atoms with Crippen molar-refractivity contribution in [3.8, 4) is 29.1 Å². The van der Waals surface area contributed by atoms with E-state index in [2.05, 4.69) is 14.7 Å². The Balaban J connectivity index is 1.71. The quantitative estimate of drug-likeness (QED) is 0.151. The first-order valence-electron chi connectivity index (χ1n) is 10.9. The number of anilines is 1. The largest absolute Gasteiger partial charge is 0.493 e. The minimum absolute atomic E-state index is 0.112. The van der Waals surface area contributed by atoms with E-state index in [1.807, 2.05) is 44.2 Å². The first-order chi connectivity index (χ1) is 17.5. The Kier molecular flexibility index (Phi) is 9.97. The fourth-order valence-electron chi connectivity index (χ4n) is 2.99. The molecular formula is C25H26N4O5S2. The molecular weight excluding hydrogens is 500 g/mol. The lowest BCUT2D eigenvalue weighted by Crippen LogP contribution is -2.13. The van der Waals surface area contributed by atoms with Gasteiger partial charge in [0.2, 0.25) is 16.0 Å². The average Bonchev–Trinajstić information content (AvgIpc) is 3.32. The molecule has 0 radical (unpaired) electrons. The molecule has 1 amide bonds. The summed E-state index contributed by atoms with van der Waals surface area (Å²) in [6, 6.07) is 13.0. The fraction of sp³-hybridized carbons (Fsp3) is 0.280. The van der Waals surface area contributed by atoms with Crippen molar-refractivity contribution in [2.75, 3.05) is 38.5 Å². The summed E-state index contributed by atoms with van der Waals surface area (Å²) in [5, 5.41) is 13.1. The van der Waals surface area contributed by atoms with Crippen molar-refractivity contribution in [3.63, 3.8) is 0 Å². The zero-order valence-corrected chi connectivity index (χ0v) is 22.0. The van der Waals surface area contributed by atoms with Gasteiger partial charge in [0, 0.05) is 11.5 Å². The molecule has 0 aliphatic rings. The van der Waals surface area contributed by atoms with Gasteiger partial charge < -0.3 is 18.9 Å². The van der Waals surface area contributed by atoms with Crippen LogP contribution in [0.4, 0.5) is 5.13 Å². The SMILES string of the molecule is CCSc1nsc(NC(=O)/C(C#N)=C\c2cc(OC)c(OCCOc3ccc(C)cc3)c(OC)c2)n1. The maximum absolute atomic E-state index is 12.6. The highest BCUT2D eigenvalue weighted by molar-refractivity contribution is 7.99. The number of nitrogens with zero attached hydrogens (tertiary/aromatic N) is 3. The average molecular weight is 527 g/mol. The van der Waals surface area contributed by atoms with E-state index in [4.69, 9.17) is 18.9 Å². The molecule has 1 N–H and O–H groups in total. The van der Waals surface area contributed by atoms with Crippen LogP contribution in [0.1, 0.15) is 18.1 Å². The van der Waals surface area contributed by atoms with Crippen LogP contribution in [0.3, 0.4) is 0 Å². The predicted octanol–water partition coefficient (Wildman–Crippen LogP) is 4.98. The van der Waals surface area contributed by atoms with Crippen LogP contribution in [0.2, 0.25) is 0 Å². The van der Waals surface area contributed by atoms with Gasteiger partial charge in [-0.25, -0.2) is 0 Å². The topological polar surface area (TPSA) is 116 Å². The van der Waals surface area contributed by atoms with Crippen molar-refractivity contribution in [1.82, 2.24) is 9.36 Å². The van der Waals surface area contributed by atoms with E-state index < -0.39 is 5.91 Å². The number of rotatable bonds is 12. The van der Waals surface area contributed by atoms with Gasteiger partial charge in [-0.3, -0.25) is 10.1 Å². The van der Waals surface area contributed by atoms with Crippen LogP contribution in [0, 0.1) is 18.3 Å². The van der Waals surface area contributed by atoms with Crippen LogP contribution < -0.4 is 24.3 Å². The first kappa shape index (κ1) is 26.8. The number of benzene rings is 2. The summed E-state index contributed by atoms with van der Waals surface area (Å²) in [7, 11) is 2.99. The van der Waals surface area contributed by atoms with Gasteiger partial charge in [-0.15, -0.1) is 0 Å². The van der Waals surface area contributed by atoms with Gasteiger partial charge in [0.1, 0.15) is 30.6 Å². The maximum atomic E-state index is 12.6. The summed E-state index contributed by atoms with van der Waals surface area (Å²) in [6.45, 7) is 4.57. The highest BCUT2D eigenvalue weighted by atomic mass is 32.2. The molecule has 0 spiro atoms. The predicted molar refractivity (Wildman–Crippen MR) is 140 cm³/mol. The number of amides is 1. The zero-order valence-electron chi connectivity index (χ0n) is 20.4. The highest BCUT2D eigenvalue weighted by Crippen LogP contribution is 2.39. The molecule has 0 unspecified atom stereocenters. The summed E-state index contributed by atoms with van der Waals surface area (Å²) in [4.78, 5) is 16.9. The van der Waals surface area contributed by atoms with Crippen LogP contribution in [-0.2, 0) is 4.79 Å². The van der Waals surface area contributed by atoms with Crippen molar-refractivity contribution in [2.24, 2.45) is 0 Å². The van der Waals surface area contributed by atoms with Gasteiger partial charge in [0.05, 0.1) is 14.2 Å². The smallest absolute Gasteiger partial charge is 0.268 e. The number of nitriles is 1. The lowest BCUT2D eigenvalue weighted by molar-refractivity contribution is -0.112. The summed E-state index contributed by atoms with van der Waals surface area (Å²) >= 11 is 2.52. The minimum Gasteiger partial charge on any atom is -0.493 e. The van der Waals surface area contributed by atoms with Gasteiger partial charge in [0.15, 0.2) is 11.5 Å². The lowest BCUT2D eigenvalue weighted by atomic mass is 10.1. The van der Waals surface area contributed by atoms with Crippen molar-refractivity contribution in [3.05, 3.63) is 53.1 Å². The number of ether oxygens (including phenoxy) is 4. The first-order valence-corrected chi connectivity index (χ1v) is 12.7. The molecule has 1 heterocycles. The molecule has 2 aromatic carbocycles. The molecule has 0 atom stereocenters. The van der Waals surface area contributed by atoms with E-state index in [-0.39, 0.29) is 12.2 Å². The number of hydrogen-bond donors (Lipinski definition) is 1. The summed E-state index contributed by atoms with van der Waals surface area (Å²) < 4.78 is 26.7. The molecule has 1 aromatic heterocycles. The van der Waals surface area contributed by atoms with Crippen LogP contribution in [0.5, 0.6) is 23.0 Å². The third kappa shape index (κ3) is 7.37. The zero-order chi connectivity index (χ0) is 25.9. The van der Waals surface area contributed by atoms with E-state index in [9.17, 15) is 10.1 Å². The van der Waals surface area contributed by atoms with Gasteiger partial charge in [0.25, 0.3) is 5.91 Å². The minimum atomic E-state index is -0.590. The van der Waals surface area contributed by atoms with Crippen molar-refractivity contribution in [2.45, 2.75) is 19.0 Å². The Labute approximate surface area is 218 Å². The van der Waals surface area contributed by atoms with E-state index in [1.165, 1.54) is 32.1 Å². The number of carbonyl (C=O) groups is 1. The van der Waals surface area contributed by atoms with Crippen molar-refractivity contribution in [1.29, 1.82) is 5.26 Å². The molecule has 0 aliphatic heterocycles. The maximum Gasteiger partial charge on any atom is 0.268 e. The fourth-order valence-corrected chi connectivity index (χ4v) is 4.26. The molecule has 0 aliphatic carbocycles. The molecule has 188 valence electrons. The van der Waals surface area contributed by atoms with Gasteiger partial charge >= 0.3 is 0 Å². The second-order valence-electron chi connectivity index (χ2n) is 7.20. The molecule has 0 saturated heterocycles. The highest BCUT2D eigenvalue weighted by Gasteiger charge is 2.17. The molecule has 0 fully saturated rings. The lowest BCUT2D eigenvalue weighted by Gasteiger charge is -2.16. The van der Waals surface area contributed by atoms with E-state index in [0.29, 0.717) is 39.7 Å². The normalized spacial score (nSPS) is 10.9. The molecule has 0 bridgehead atoms. The van der Waals surface area contributed by atoms with E-state index >= 15 is 0 Å². The number of carbonyl (C=O) groups excluding carboxylic acids is 1. The van der Waals surface area contributed by atoms with Gasteiger partial charge in [-0.05, 0) is 48.6 Å². The Bertz CT molecular complexity index is 1230. The number of aryl methyl sites for hydroxylation is 1. The third-order valence-electron chi connectivity index (χ3n) is 4.68. The Morgan fingerprint density at radius 2 is 1.81 bits per heavy atom. The van der Waals surface area contributed by atoms with E-state index in [0.717, 1.165) is 28.6 Å². The van der Waals surface area contributed by atoms with Crippen molar-refractivity contribution < 1.29 is 23.7 Å². The standard InChI is InChI=1S/C25H26N4O5S2/c1-5-35-25-28-24(36-29-25)27-23(30)18(15-26)12-17-13-20(31-3)22(21(14-17)32-4)34-11-10-33-19-8-6-16(2)7-9-19/h6-9,12-14H,5,10-11H2,1-4H3,(H,27,28,29,30)/b18-12-. The number of thioether (sulfide) groups is 1. The summed E-state index contributed by atoms with van der Waals surface area (Å²) in [6.07, 6.45) is 1.44. The number of methoxy groups -OCH3 is 2.